The molecule has 0 aliphatic carbocycles. The number of carbonyl (C=O) groups is 1. The summed E-state index contributed by atoms with van der Waals surface area (Å²) in [6, 6.07) is 5.45. The van der Waals surface area contributed by atoms with Crippen LogP contribution < -0.4 is 0 Å². The molecular weight excluding hydrogens is 250 g/mol. The highest BCUT2D eigenvalue weighted by Crippen LogP contribution is 2.34. The van der Waals surface area contributed by atoms with Crippen LogP contribution in [0.15, 0.2) is 33.9 Å². The molecule has 0 saturated carbocycles. The molecule has 1 aromatic carbocycles. The van der Waals surface area contributed by atoms with Crippen LogP contribution in [0.3, 0.4) is 0 Å². The summed E-state index contributed by atoms with van der Waals surface area (Å²) in [6.45, 7) is 1.88. The number of benzene rings is 1. The predicted molar refractivity (Wildman–Crippen MR) is 69.8 cm³/mol. The number of rotatable bonds is 3. The van der Waals surface area contributed by atoms with Gasteiger partial charge in [-0.15, -0.1) is 11.8 Å². The molecule has 94 valence electrons. The lowest BCUT2D eigenvalue weighted by atomic mass is 10.00. The molecule has 1 aromatic heterocycles. The van der Waals surface area contributed by atoms with Gasteiger partial charge >= 0.3 is 5.97 Å². The van der Waals surface area contributed by atoms with Gasteiger partial charge in [-0.05, 0) is 30.9 Å². The molecule has 0 saturated heterocycles. The lowest BCUT2D eigenvalue weighted by Crippen LogP contribution is -2.05. The number of hydrogen-bond donors (Lipinski definition) is 0. The zero-order chi connectivity index (χ0) is 13.1. The molecule has 0 atom stereocenters. The number of ether oxygens (including phenoxy) is 1. The van der Waals surface area contributed by atoms with Crippen molar-refractivity contribution in [3.05, 3.63) is 35.6 Å². The molecule has 18 heavy (non-hydrogen) atoms. The van der Waals surface area contributed by atoms with Crippen LogP contribution in [0, 0.1) is 6.92 Å². The van der Waals surface area contributed by atoms with E-state index in [0.29, 0.717) is 5.56 Å². The van der Waals surface area contributed by atoms with Crippen molar-refractivity contribution in [2.75, 3.05) is 13.4 Å². The van der Waals surface area contributed by atoms with Crippen LogP contribution in [-0.2, 0) is 4.74 Å². The van der Waals surface area contributed by atoms with Crippen LogP contribution in [-0.4, -0.2) is 24.5 Å². The van der Waals surface area contributed by atoms with E-state index in [1.54, 1.807) is 23.9 Å². The Kier molecular flexibility index (Phi) is 3.72. The minimum absolute atomic E-state index is 0.343. The first-order chi connectivity index (χ1) is 8.69. The molecule has 0 radical (unpaired) electrons. The van der Waals surface area contributed by atoms with Crippen molar-refractivity contribution in [2.24, 2.45) is 0 Å². The Labute approximate surface area is 109 Å². The van der Waals surface area contributed by atoms with Gasteiger partial charge in [0, 0.05) is 16.5 Å². The molecule has 0 spiro atoms. The topological polar surface area (TPSA) is 52.3 Å². The van der Waals surface area contributed by atoms with Crippen molar-refractivity contribution >= 4 is 17.7 Å². The number of methoxy groups -OCH3 is 1. The molecule has 2 aromatic rings. The molecule has 1 heterocycles. The summed E-state index contributed by atoms with van der Waals surface area (Å²) in [7, 11) is 1.38. The Hall–Kier alpha value is -1.75. The molecule has 0 bridgehead atoms. The second-order valence-corrected chi connectivity index (χ2v) is 4.54. The molecule has 4 nitrogen and oxygen atoms in total. The third-order valence-corrected chi connectivity index (χ3v) is 3.53. The fraction of sp³-hybridized carbons (Fsp3) is 0.231. The minimum atomic E-state index is -0.343. The Morgan fingerprint density at radius 3 is 2.72 bits per heavy atom. The molecular formula is C13H13NO3S. The third kappa shape index (κ3) is 2.13. The maximum absolute atomic E-state index is 11.7. The number of carbonyl (C=O) groups excluding carboxylic acids is 1. The summed E-state index contributed by atoms with van der Waals surface area (Å²) < 4.78 is 9.65. The second-order valence-electron chi connectivity index (χ2n) is 3.69. The van der Waals surface area contributed by atoms with Gasteiger partial charge in [0.25, 0.3) is 0 Å². The SMILES string of the molecule is COC(=O)c1ccc(SC)c(-c2ccon2)c1C. The van der Waals surface area contributed by atoms with E-state index in [1.165, 1.54) is 13.4 Å². The monoisotopic (exact) mass is 263 g/mol. The lowest BCUT2D eigenvalue weighted by molar-refractivity contribution is 0.0600. The van der Waals surface area contributed by atoms with E-state index in [-0.39, 0.29) is 5.97 Å². The van der Waals surface area contributed by atoms with Gasteiger partial charge in [-0.3, -0.25) is 0 Å². The van der Waals surface area contributed by atoms with Gasteiger partial charge in [-0.2, -0.15) is 0 Å². The average molecular weight is 263 g/mol. The van der Waals surface area contributed by atoms with Gasteiger partial charge in [0.2, 0.25) is 0 Å². The van der Waals surface area contributed by atoms with E-state index in [4.69, 9.17) is 9.26 Å². The molecule has 0 fully saturated rings. The molecule has 0 aliphatic rings. The fourth-order valence-electron chi connectivity index (χ4n) is 1.85. The number of nitrogens with zero attached hydrogens (tertiary/aromatic N) is 1. The molecule has 2 rings (SSSR count). The lowest BCUT2D eigenvalue weighted by Gasteiger charge is -2.11. The summed E-state index contributed by atoms with van der Waals surface area (Å²) >= 11 is 1.60. The largest absolute Gasteiger partial charge is 0.465 e. The van der Waals surface area contributed by atoms with Gasteiger partial charge in [0.1, 0.15) is 12.0 Å². The third-order valence-electron chi connectivity index (χ3n) is 2.75. The Morgan fingerprint density at radius 1 is 1.39 bits per heavy atom. The standard InChI is InChI=1S/C13H13NO3S/c1-8-9(13(15)16-2)4-5-11(18-3)12(8)10-6-7-17-14-10/h4-7H,1-3H3. The van der Waals surface area contributed by atoms with Crippen molar-refractivity contribution in [1.82, 2.24) is 5.16 Å². The van der Waals surface area contributed by atoms with Crippen molar-refractivity contribution in [3.8, 4) is 11.3 Å². The Balaban J connectivity index is 2.65. The zero-order valence-electron chi connectivity index (χ0n) is 10.4. The first-order valence-corrected chi connectivity index (χ1v) is 6.58. The maximum atomic E-state index is 11.7. The van der Waals surface area contributed by atoms with Crippen LogP contribution in [0.25, 0.3) is 11.3 Å². The fourth-order valence-corrected chi connectivity index (χ4v) is 2.51. The highest BCUT2D eigenvalue weighted by atomic mass is 32.2. The first-order valence-electron chi connectivity index (χ1n) is 5.35. The molecule has 0 aliphatic heterocycles. The van der Waals surface area contributed by atoms with Crippen LogP contribution in [0.4, 0.5) is 0 Å². The molecule has 0 unspecified atom stereocenters. The average Bonchev–Trinajstić information content (AvgIpc) is 2.90. The van der Waals surface area contributed by atoms with E-state index in [0.717, 1.165) is 21.7 Å². The summed E-state index contributed by atoms with van der Waals surface area (Å²) in [5.41, 5.74) is 3.04. The number of hydrogen-bond acceptors (Lipinski definition) is 5. The van der Waals surface area contributed by atoms with Crippen molar-refractivity contribution < 1.29 is 14.1 Å². The van der Waals surface area contributed by atoms with E-state index in [9.17, 15) is 4.79 Å². The molecule has 5 heteroatoms. The van der Waals surface area contributed by atoms with Crippen molar-refractivity contribution in [2.45, 2.75) is 11.8 Å². The zero-order valence-corrected chi connectivity index (χ0v) is 11.2. The number of esters is 1. The summed E-state index contributed by atoms with van der Waals surface area (Å²) in [4.78, 5) is 12.7. The number of thioether (sulfide) groups is 1. The Morgan fingerprint density at radius 2 is 2.17 bits per heavy atom. The number of aromatic nitrogens is 1. The normalized spacial score (nSPS) is 10.4. The summed E-state index contributed by atoms with van der Waals surface area (Å²) in [5.74, 6) is -0.343. The highest BCUT2D eigenvalue weighted by Gasteiger charge is 2.18. The van der Waals surface area contributed by atoms with Crippen molar-refractivity contribution in [1.29, 1.82) is 0 Å². The van der Waals surface area contributed by atoms with Crippen LogP contribution in [0.1, 0.15) is 15.9 Å². The van der Waals surface area contributed by atoms with E-state index < -0.39 is 0 Å². The van der Waals surface area contributed by atoms with Gasteiger partial charge < -0.3 is 9.26 Å². The van der Waals surface area contributed by atoms with Crippen molar-refractivity contribution in [3.63, 3.8) is 0 Å². The van der Waals surface area contributed by atoms with Gasteiger partial charge in [0.05, 0.1) is 12.7 Å². The van der Waals surface area contributed by atoms with Gasteiger partial charge in [0.15, 0.2) is 0 Å². The smallest absolute Gasteiger partial charge is 0.338 e. The summed E-state index contributed by atoms with van der Waals surface area (Å²) in [6.07, 6.45) is 3.50. The minimum Gasteiger partial charge on any atom is -0.465 e. The van der Waals surface area contributed by atoms with Gasteiger partial charge in [-0.1, -0.05) is 5.16 Å². The maximum Gasteiger partial charge on any atom is 0.338 e. The van der Waals surface area contributed by atoms with E-state index in [1.807, 2.05) is 19.2 Å². The van der Waals surface area contributed by atoms with Crippen LogP contribution >= 0.6 is 11.8 Å². The van der Waals surface area contributed by atoms with Crippen LogP contribution in [0.2, 0.25) is 0 Å². The summed E-state index contributed by atoms with van der Waals surface area (Å²) in [5, 5.41) is 3.94. The Bertz CT molecular complexity index is 564. The molecule has 0 N–H and O–H groups in total. The highest BCUT2D eigenvalue weighted by molar-refractivity contribution is 7.98. The first kappa shape index (κ1) is 12.7. The molecule has 0 amide bonds. The second kappa shape index (κ2) is 5.27. The van der Waals surface area contributed by atoms with E-state index >= 15 is 0 Å². The quantitative estimate of drug-likeness (QED) is 0.629. The predicted octanol–water partition coefficient (Wildman–Crippen LogP) is 3.16. The van der Waals surface area contributed by atoms with Gasteiger partial charge in [-0.25, -0.2) is 4.79 Å². The van der Waals surface area contributed by atoms with Crippen LogP contribution in [0.5, 0.6) is 0 Å². The van der Waals surface area contributed by atoms with E-state index in [2.05, 4.69) is 5.16 Å².